The fraction of sp³-hybridized carbons (Fsp3) is 0.462. The molecule has 4 heteroatoms. The fourth-order valence-corrected chi connectivity index (χ4v) is 4.93. The summed E-state index contributed by atoms with van der Waals surface area (Å²) in [5.41, 5.74) is 3.88. The number of aromatic amines is 1. The standard InChI is InChI=1S/C26H34N2O2/c1-20(10-11-22-18-27-25-9-4-3-8-24(22)25)28-14-12-26(19-29,13-15-28)17-21-6-5-7-23(16-21)30-2/h3-9,16,18,20,27,29H,10-15,17,19H2,1-2H3/t20-/m0/s1. The first-order valence-electron chi connectivity index (χ1n) is 11.2. The number of aryl methyl sites for hydroxylation is 1. The summed E-state index contributed by atoms with van der Waals surface area (Å²) in [5, 5.41) is 11.6. The van der Waals surface area contributed by atoms with E-state index in [0.717, 1.165) is 50.9 Å². The van der Waals surface area contributed by atoms with Crippen LogP contribution in [0.1, 0.15) is 37.3 Å². The number of methoxy groups -OCH3 is 1. The predicted octanol–water partition coefficient (Wildman–Crippen LogP) is 4.81. The molecule has 0 spiro atoms. The molecule has 30 heavy (non-hydrogen) atoms. The molecule has 3 aromatic rings. The van der Waals surface area contributed by atoms with E-state index in [0.29, 0.717) is 6.04 Å². The molecular formula is C26H34N2O2. The minimum Gasteiger partial charge on any atom is -0.497 e. The number of aromatic nitrogens is 1. The van der Waals surface area contributed by atoms with E-state index in [1.54, 1.807) is 7.11 Å². The summed E-state index contributed by atoms with van der Waals surface area (Å²) < 4.78 is 5.37. The lowest BCUT2D eigenvalue weighted by Gasteiger charge is -2.43. The average Bonchev–Trinajstić information content (AvgIpc) is 3.21. The number of benzene rings is 2. The lowest BCUT2D eigenvalue weighted by Crippen LogP contribution is -2.46. The monoisotopic (exact) mass is 406 g/mol. The number of aliphatic hydroxyl groups is 1. The number of rotatable bonds is 8. The number of aliphatic hydroxyl groups excluding tert-OH is 1. The summed E-state index contributed by atoms with van der Waals surface area (Å²) in [5.74, 6) is 0.893. The first kappa shape index (κ1) is 21.0. The third kappa shape index (κ3) is 4.55. The number of H-pyrrole nitrogens is 1. The van der Waals surface area contributed by atoms with Crippen LogP contribution < -0.4 is 4.74 Å². The van der Waals surface area contributed by atoms with Crippen molar-refractivity contribution in [3.8, 4) is 5.75 Å². The quantitative estimate of drug-likeness (QED) is 0.564. The summed E-state index contributed by atoms with van der Waals surface area (Å²) in [6.45, 7) is 4.71. The molecule has 0 amide bonds. The van der Waals surface area contributed by atoms with Gasteiger partial charge in [-0.15, -0.1) is 0 Å². The third-order valence-electron chi connectivity index (χ3n) is 7.04. The molecule has 2 N–H and O–H groups in total. The number of likely N-dealkylation sites (tertiary alicyclic amines) is 1. The molecular weight excluding hydrogens is 372 g/mol. The van der Waals surface area contributed by atoms with E-state index < -0.39 is 0 Å². The van der Waals surface area contributed by atoms with Gasteiger partial charge in [0.2, 0.25) is 0 Å². The maximum atomic E-state index is 10.2. The second kappa shape index (κ2) is 9.23. The first-order valence-corrected chi connectivity index (χ1v) is 11.2. The van der Waals surface area contributed by atoms with E-state index in [2.05, 4.69) is 59.4 Å². The van der Waals surface area contributed by atoms with Crippen LogP contribution >= 0.6 is 0 Å². The second-order valence-electron chi connectivity index (χ2n) is 8.97. The Bertz CT molecular complexity index is 956. The molecule has 1 fully saturated rings. The van der Waals surface area contributed by atoms with Crippen molar-refractivity contribution in [1.82, 2.24) is 9.88 Å². The molecule has 1 aliphatic rings. The van der Waals surface area contributed by atoms with Crippen molar-refractivity contribution in [2.24, 2.45) is 5.41 Å². The van der Waals surface area contributed by atoms with Gasteiger partial charge in [0.05, 0.1) is 7.11 Å². The molecule has 4 rings (SSSR count). The van der Waals surface area contributed by atoms with Crippen LogP contribution in [0.15, 0.2) is 54.7 Å². The van der Waals surface area contributed by atoms with Gasteiger partial charge in [0.25, 0.3) is 0 Å². The maximum Gasteiger partial charge on any atom is 0.119 e. The van der Waals surface area contributed by atoms with Crippen molar-refractivity contribution in [1.29, 1.82) is 0 Å². The lowest BCUT2D eigenvalue weighted by molar-refractivity contribution is 0.0289. The number of nitrogens with zero attached hydrogens (tertiary/aromatic N) is 1. The SMILES string of the molecule is COc1cccc(CC2(CO)CCN([C@@H](C)CCc3c[nH]c4ccccc34)CC2)c1. The van der Waals surface area contributed by atoms with Gasteiger partial charge in [0.15, 0.2) is 0 Å². The Balaban J connectivity index is 1.33. The summed E-state index contributed by atoms with van der Waals surface area (Å²) >= 11 is 0. The van der Waals surface area contributed by atoms with E-state index in [1.165, 1.54) is 22.0 Å². The van der Waals surface area contributed by atoms with Crippen molar-refractivity contribution in [2.45, 2.75) is 45.1 Å². The molecule has 1 saturated heterocycles. The predicted molar refractivity (Wildman–Crippen MR) is 123 cm³/mol. The third-order valence-corrected chi connectivity index (χ3v) is 7.04. The molecule has 0 unspecified atom stereocenters. The van der Waals surface area contributed by atoms with Crippen LogP contribution in [0.2, 0.25) is 0 Å². The maximum absolute atomic E-state index is 10.2. The zero-order valence-corrected chi connectivity index (χ0v) is 18.2. The van der Waals surface area contributed by atoms with E-state index in [1.807, 2.05) is 12.1 Å². The largest absolute Gasteiger partial charge is 0.497 e. The highest BCUT2D eigenvalue weighted by atomic mass is 16.5. The van der Waals surface area contributed by atoms with Crippen LogP contribution in [0.5, 0.6) is 5.75 Å². The molecule has 160 valence electrons. The van der Waals surface area contributed by atoms with Crippen molar-refractivity contribution in [3.05, 3.63) is 65.9 Å². The van der Waals surface area contributed by atoms with Crippen LogP contribution in [0.3, 0.4) is 0 Å². The van der Waals surface area contributed by atoms with Gasteiger partial charge in [0, 0.05) is 29.7 Å². The highest BCUT2D eigenvalue weighted by Gasteiger charge is 2.35. The molecule has 1 aromatic heterocycles. The normalized spacial score (nSPS) is 17.8. The van der Waals surface area contributed by atoms with Crippen LogP contribution in [-0.2, 0) is 12.8 Å². The lowest BCUT2D eigenvalue weighted by atomic mass is 9.74. The van der Waals surface area contributed by atoms with Gasteiger partial charge in [-0.25, -0.2) is 0 Å². The number of hydrogen-bond acceptors (Lipinski definition) is 3. The molecule has 0 bridgehead atoms. The second-order valence-corrected chi connectivity index (χ2v) is 8.97. The van der Waals surface area contributed by atoms with Crippen LogP contribution in [0, 0.1) is 5.41 Å². The van der Waals surface area contributed by atoms with Crippen LogP contribution in [-0.4, -0.2) is 47.8 Å². The highest BCUT2D eigenvalue weighted by Crippen LogP contribution is 2.36. The zero-order chi connectivity index (χ0) is 21.0. The molecule has 0 radical (unpaired) electrons. The van der Waals surface area contributed by atoms with Gasteiger partial charge in [-0.3, -0.25) is 0 Å². The number of nitrogens with one attached hydrogen (secondary N) is 1. The van der Waals surface area contributed by atoms with Gasteiger partial charge >= 0.3 is 0 Å². The fourth-order valence-electron chi connectivity index (χ4n) is 4.93. The zero-order valence-electron chi connectivity index (χ0n) is 18.2. The van der Waals surface area contributed by atoms with Gasteiger partial charge in [-0.1, -0.05) is 30.3 Å². The number of hydrogen-bond donors (Lipinski definition) is 2. The minimum absolute atomic E-state index is 0.0145. The Kier molecular flexibility index (Phi) is 6.45. The van der Waals surface area contributed by atoms with Crippen molar-refractivity contribution in [3.63, 3.8) is 0 Å². The van der Waals surface area contributed by atoms with Crippen molar-refractivity contribution < 1.29 is 9.84 Å². The summed E-state index contributed by atoms with van der Waals surface area (Å²) in [4.78, 5) is 6.00. The first-order chi connectivity index (χ1) is 14.6. The summed E-state index contributed by atoms with van der Waals surface area (Å²) in [6, 6.07) is 17.4. The van der Waals surface area contributed by atoms with Crippen LogP contribution in [0.25, 0.3) is 10.9 Å². The molecule has 0 aliphatic carbocycles. The van der Waals surface area contributed by atoms with Gasteiger partial charge in [0.1, 0.15) is 5.75 Å². The molecule has 2 aromatic carbocycles. The van der Waals surface area contributed by atoms with E-state index in [9.17, 15) is 5.11 Å². The van der Waals surface area contributed by atoms with Crippen LogP contribution in [0.4, 0.5) is 0 Å². The number of para-hydroxylation sites is 1. The summed E-state index contributed by atoms with van der Waals surface area (Å²) in [6.07, 6.45) is 7.41. The van der Waals surface area contributed by atoms with Crippen molar-refractivity contribution >= 4 is 10.9 Å². The topological polar surface area (TPSA) is 48.5 Å². The van der Waals surface area contributed by atoms with E-state index >= 15 is 0 Å². The Hall–Kier alpha value is -2.30. The Morgan fingerprint density at radius 1 is 1.13 bits per heavy atom. The van der Waals surface area contributed by atoms with Gasteiger partial charge < -0.3 is 19.7 Å². The molecule has 0 saturated carbocycles. The van der Waals surface area contributed by atoms with Gasteiger partial charge in [-0.05, 0) is 86.9 Å². The van der Waals surface area contributed by atoms with Crippen molar-refractivity contribution in [2.75, 3.05) is 26.8 Å². The minimum atomic E-state index is -0.0145. The molecule has 1 atom stereocenters. The Labute approximate surface area is 179 Å². The highest BCUT2D eigenvalue weighted by molar-refractivity contribution is 5.83. The van der Waals surface area contributed by atoms with E-state index in [-0.39, 0.29) is 12.0 Å². The Morgan fingerprint density at radius 2 is 1.93 bits per heavy atom. The number of piperidine rings is 1. The van der Waals surface area contributed by atoms with Gasteiger partial charge in [-0.2, -0.15) is 0 Å². The average molecular weight is 407 g/mol. The Morgan fingerprint density at radius 3 is 2.70 bits per heavy atom. The van der Waals surface area contributed by atoms with E-state index in [4.69, 9.17) is 4.74 Å². The summed E-state index contributed by atoms with van der Waals surface area (Å²) in [7, 11) is 1.71. The molecule has 1 aliphatic heterocycles. The smallest absolute Gasteiger partial charge is 0.119 e. The molecule has 4 nitrogen and oxygen atoms in total. The number of fused-ring (bicyclic) bond motifs is 1. The number of ether oxygens (including phenoxy) is 1. The molecule has 2 heterocycles.